The molecule has 26 heavy (non-hydrogen) atoms. The molecule has 0 aromatic heterocycles. The van der Waals surface area contributed by atoms with Crippen LogP contribution in [0.25, 0.3) is 0 Å². The van der Waals surface area contributed by atoms with E-state index in [0.29, 0.717) is 42.4 Å². The molecule has 0 aliphatic heterocycles. The average Bonchev–Trinajstić information content (AvgIpc) is 2.67. The Labute approximate surface area is 153 Å². The number of carbonyl (C=O) groups excluding carboxylic acids is 2. The third-order valence-corrected chi connectivity index (χ3v) is 3.66. The van der Waals surface area contributed by atoms with E-state index in [4.69, 9.17) is 14.2 Å². The molecule has 0 saturated carbocycles. The van der Waals surface area contributed by atoms with Crippen molar-refractivity contribution in [2.45, 2.75) is 20.5 Å². The van der Waals surface area contributed by atoms with Gasteiger partial charge in [-0.05, 0) is 44.2 Å². The molecule has 0 bridgehead atoms. The quantitative estimate of drug-likeness (QED) is 0.730. The van der Waals surface area contributed by atoms with Gasteiger partial charge in [-0.2, -0.15) is 0 Å². The molecule has 0 radical (unpaired) electrons. The summed E-state index contributed by atoms with van der Waals surface area (Å²) < 4.78 is 15.8. The topological polar surface area (TPSA) is 73.9 Å². The first-order valence-corrected chi connectivity index (χ1v) is 8.42. The van der Waals surface area contributed by atoms with Crippen molar-refractivity contribution in [1.29, 1.82) is 0 Å². The first-order chi connectivity index (χ1) is 12.6. The van der Waals surface area contributed by atoms with E-state index in [2.05, 4.69) is 5.32 Å². The number of ether oxygens (including phenoxy) is 3. The highest BCUT2D eigenvalue weighted by molar-refractivity contribution is 6.08. The van der Waals surface area contributed by atoms with Gasteiger partial charge in [-0.25, -0.2) is 4.79 Å². The number of hydrogen-bond donors (Lipinski definition) is 1. The van der Waals surface area contributed by atoms with E-state index in [0.717, 1.165) is 5.56 Å². The molecule has 6 nitrogen and oxygen atoms in total. The van der Waals surface area contributed by atoms with Gasteiger partial charge >= 0.3 is 5.97 Å². The predicted octanol–water partition coefficient (Wildman–Crippen LogP) is 3.66. The zero-order valence-electron chi connectivity index (χ0n) is 15.2. The summed E-state index contributed by atoms with van der Waals surface area (Å²) in [6, 6.07) is 11.9. The molecule has 0 saturated heterocycles. The van der Waals surface area contributed by atoms with Gasteiger partial charge in [0.2, 0.25) is 0 Å². The number of nitrogens with one attached hydrogen (secondary N) is 1. The van der Waals surface area contributed by atoms with Crippen LogP contribution in [0, 0.1) is 0 Å². The Balaban J connectivity index is 2.26. The minimum atomic E-state index is -0.510. The van der Waals surface area contributed by atoms with Crippen LogP contribution in [0.1, 0.15) is 40.1 Å². The predicted molar refractivity (Wildman–Crippen MR) is 98.7 cm³/mol. The Hall–Kier alpha value is -2.86. The number of carbonyl (C=O) groups is 2. The summed E-state index contributed by atoms with van der Waals surface area (Å²) in [7, 11) is 1.30. The van der Waals surface area contributed by atoms with Gasteiger partial charge in [0.25, 0.3) is 5.91 Å². The van der Waals surface area contributed by atoms with E-state index in [1.54, 1.807) is 42.5 Å². The Morgan fingerprint density at radius 1 is 1.04 bits per heavy atom. The van der Waals surface area contributed by atoms with Crippen LogP contribution >= 0.6 is 0 Å². The summed E-state index contributed by atoms with van der Waals surface area (Å²) in [5, 5.41) is 2.76. The molecule has 1 amide bonds. The van der Waals surface area contributed by atoms with Gasteiger partial charge in [0.05, 0.1) is 31.6 Å². The third kappa shape index (κ3) is 4.83. The van der Waals surface area contributed by atoms with Gasteiger partial charge in [0, 0.05) is 17.7 Å². The lowest BCUT2D eigenvalue weighted by molar-refractivity contribution is 0.0602. The highest BCUT2D eigenvalue weighted by atomic mass is 16.5. The summed E-state index contributed by atoms with van der Waals surface area (Å²) in [4.78, 5) is 24.5. The van der Waals surface area contributed by atoms with Crippen LogP contribution in [0.5, 0.6) is 5.75 Å². The average molecular weight is 357 g/mol. The van der Waals surface area contributed by atoms with E-state index in [9.17, 15) is 9.59 Å². The van der Waals surface area contributed by atoms with Gasteiger partial charge in [-0.3, -0.25) is 4.79 Å². The normalized spacial score (nSPS) is 10.3. The summed E-state index contributed by atoms with van der Waals surface area (Å²) in [5.74, 6) is -0.153. The molecule has 2 aromatic carbocycles. The van der Waals surface area contributed by atoms with Crippen molar-refractivity contribution < 1.29 is 23.8 Å². The van der Waals surface area contributed by atoms with E-state index < -0.39 is 5.97 Å². The zero-order chi connectivity index (χ0) is 18.9. The van der Waals surface area contributed by atoms with Crippen molar-refractivity contribution in [3.63, 3.8) is 0 Å². The Morgan fingerprint density at radius 3 is 2.50 bits per heavy atom. The number of methoxy groups -OCH3 is 1. The monoisotopic (exact) mass is 357 g/mol. The molecule has 2 aromatic rings. The molecule has 6 heteroatoms. The molecule has 0 atom stereocenters. The van der Waals surface area contributed by atoms with Crippen LogP contribution in [0.2, 0.25) is 0 Å². The number of hydrogen-bond acceptors (Lipinski definition) is 5. The molecular formula is C20H23NO5. The van der Waals surface area contributed by atoms with Crippen molar-refractivity contribution in [3.05, 3.63) is 59.2 Å². The maximum Gasteiger partial charge on any atom is 0.339 e. The van der Waals surface area contributed by atoms with E-state index in [1.807, 2.05) is 13.8 Å². The third-order valence-electron chi connectivity index (χ3n) is 3.66. The highest BCUT2D eigenvalue weighted by Crippen LogP contribution is 2.23. The largest absolute Gasteiger partial charge is 0.494 e. The van der Waals surface area contributed by atoms with Crippen LogP contribution in [0.15, 0.2) is 42.5 Å². The molecule has 0 aliphatic carbocycles. The van der Waals surface area contributed by atoms with Gasteiger partial charge in [-0.1, -0.05) is 12.1 Å². The van der Waals surface area contributed by atoms with Crippen LogP contribution in [-0.4, -0.2) is 32.2 Å². The maximum absolute atomic E-state index is 12.6. The van der Waals surface area contributed by atoms with Gasteiger partial charge < -0.3 is 19.5 Å². The summed E-state index contributed by atoms with van der Waals surface area (Å²) in [6.07, 6.45) is 0. The van der Waals surface area contributed by atoms with Gasteiger partial charge in [-0.15, -0.1) is 0 Å². The lowest BCUT2D eigenvalue weighted by Gasteiger charge is -2.13. The lowest BCUT2D eigenvalue weighted by Crippen LogP contribution is -2.16. The van der Waals surface area contributed by atoms with Crippen molar-refractivity contribution in [2.24, 2.45) is 0 Å². The minimum absolute atomic E-state index is 0.295. The minimum Gasteiger partial charge on any atom is -0.494 e. The van der Waals surface area contributed by atoms with Crippen LogP contribution in [0.3, 0.4) is 0 Å². The second kappa shape index (κ2) is 9.58. The van der Waals surface area contributed by atoms with Crippen molar-refractivity contribution in [2.75, 3.05) is 25.6 Å². The Bertz CT molecular complexity index is 773. The summed E-state index contributed by atoms with van der Waals surface area (Å²) in [5.41, 5.74) is 1.93. The molecule has 138 valence electrons. The number of benzene rings is 2. The van der Waals surface area contributed by atoms with Crippen molar-refractivity contribution in [3.8, 4) is 5.75 Å². The molecule has 2 rings (SSSR count). The molecule has 0 aliphatic rings. The number of anilines is 1. The number of rotatable bonds is 8. The smallest absolute Gasteiger partial charge is 0.339 e. The SMILES string of the molecule is CCOCc1cc(C(=O)Nc2ccccc2C(=O)OC)ccc1OCC. The van der Waals surface area contributed by atoms with Crippen LogP contribution in [0.4, 0.5) is 5.69 Å². The molecular weight excluding hydrogens is 334 g/mol. The summed E-state index contributed by atoms with van der Waals surface area (Å²) in [6.45, 7) is 5.24. The number of para-hydroxylation sites is 1. The van der Waals surface area contributed by atoms with Gasteiger partial charge in [0.15, 0.2) is 0 Å². The second-order valence-corrected chi connectivity index (χ2v) is 5.38. The van der Waals surface area contributed by atoms with E-state index >= 15 is 0 Å². The molecule has 0 unspecified atom stereocenters. The highest BCUT2D eigenvalue weighted by Gasteiger charge is 2.15. The Kier molecular flexibility index (Phi) is 7.17. The van der Waals surface area contributed by atoms with Crippen LogP contribution in [-0.2, 0) is 16.1 Å². The number of esters is 1. The first-order valence-electron chi connectivity index (χ1n) is 8.42. The maximum atomic E-state index is 12.6. The van der Waals surface area contributed by atoms with Crippen LogP contribution < -0.4 is 10.1 Å². The van der Waals surface area contributed by atoms with E-state index in [-0.39, 0.29) is 5.91 Å². The lowest BCUT2D eigenvalue weighted by atomic mass is 10.1. The first kappa shape index (κ1) is 19.5. The fourth-order valence-corrected chi connectivity index (χ4v) is 2.42. The Morgan fingerprint density at radius 2 is 1.81 bits per heavy atom. The standard InChI is InChI=1S/C20H23NO5/c1-4-25-13-15-12-14(10-11-18(15)26-5-2)19(22)21-17-9-7-6-8-16(17)20(23)24-3/h6-12H,4-5,13H2,1-3H3,(H,21,22). The zero-order valence-corrected chi connectivity index (χ0v) is 15.2. The van der Waals surface area contributed by atoms with Crippen molar-refractivity contribution in [1.82, 2.24) is 0 Å². The molecule has 0 fully saturated rings. The molecule has 0 spiro atoms. The molecule has 1 N–H and O–H groups in total. The van der Waals surface area contributed by atoms with Gasteiger partial charge in [0.1, 0.15) is 5.75 Å². The summed E-state index contributed by atoms with van der Waals surface area (Å²) >= 11 is 0. The second-order valence-electron chi connectivity index (χ2n) is 5.38. The van der Waals surface area contributed by atoms with Crippen molar-refractivity contribution >= 4 is 17.6 Å². The fourth-order valence-electron chi connectivity index (χ4n) is 2.42. The van der Waals surface area contributed by atoms with E-state index in [1.165, 1.54) is 7.11 Å². The fraction of sp³-hybridized carbons (Fsp3) is 0.300. The number of amides is 1. The molecule has 0 heterocycles.